The van der Waals surface area contributed by atoms with Gasteiger partial charge in [-0.25, -0.2) is 0 Å². The molecule has 0 amide bonds. The Morgan fingerprint density at radius 1 is 1.29 bits per heavy atom. The molecule has 2 saturated heterocycles. The van der Waals surface area contributed by atoms with Crippen LogP contribution in [-0.2, 0) is 4.74 Å². The zero-order valence-corrected chi connectivity index (χ0v) is 12.3. The molecular weight excluding hydrogens is 236 g/mol. The van der Waals surface area contributed by atoms with Gasteiger partial charge < -0.3 is 9.64 Å². The number of nitrogens with zero attached hydrogens (tertiary/aromatic N) is 1. The molecule has 0 bridgehead atoms. The molecule has 2 unspecified atom stereocenters. The lowest BCUT2D eigenvalue weighted by Crippen LogP contribution is -2.51. The van der Waals surface area contributed by atoms with Gasteiger partial charge in [-0.2, -0.15) is 0 Å². The van der Waals surface area contributed by atoms with E-state index in [0.717, 1.165) is 6.61 Å². The average molecular weight is 263 g/mol. The maximum Gasteiger partial charge on any atom is 0.119 e. The van der Waals surface area contributed by atoms with Crippen LogP contribution in [0.3, 0.4) is 0 Å². The van der Waals surface area contributed by atoms with Crippen LogP contribution in [0.15, 0.2) is 0 Å². The van der Waals surface area contributed by atoms with Crippen LogP contribution in [0, 0.1) is 5.92 Å². The van der Waals surface area contributed by atoms with Crippen molar-refractivity contribution in [3.8, 4) is 0 Å². The molecule has 2 aliphatic rings. The monoisotopic (exact) mass is 262 g/mol. The standard InChI is InChI=1S/C13H26N2O.ClH/c1-10(2)15-7-5-12(6-8-15)13(4)14-11(3)9-16-13;/h10-12,14H,5-9H2,1-4H3;1H. The largest absolute Gasteiger partial charge is 0.359 e. The normalized spacial score (nSPS) is 36.2. The first-order valence-electron chi connectivity index (χ1n) is 6.67. The summed E-state index contributed by atoms with van der Waals surface area (Å²) in [5.41, 5.74) is -0.0670. The second-order valence-electron chi connectivity index (χ2n) is 5.87. The summed E-state index contributed by atoms with van der Waals surface area (Å²) < 4.78 is 5.96. The molecule has 0 aliphatic carbocycles. The molecule has 102 valence electrons. The van der Waals surface area contributed by atoms with E-state index in [0.29, 0.717) is 18.0 Å². The van der Waals surface area contributed by atoms with Crippen molar-refractivity contribution in [1.82, 2.24) is 10.2 Å². The van der Waals surface area contributed by atoms with Gasteiger partial charge >= 0.3 is 0 Å². The highest BCUT2D eigenvalue weighted by atomic mass is 35.5. The van der Waals surface area contributed by atoms with Crippen molar-refractivity contribution in [2.24, 2.45) is 5.92 Å². The van der Waals surface area contributed by atoms with Crippen LogP contribution in [0.5, 0.6) is 0 Å². The molecule has 0 radical (unpaired) electrons. The van der Waals surface area contributed by atoms with Crippen molar-refractivity contribution in [3.63, 3.8) is 0 Å². The topological polar surface area (TPSA) is 24.5 Å². The van der Waals surface area contributed by atoms with Crippen molar-refractivity contribution in [2.75, 3.05) is 19.7 Å². The minimum Gasteiger partial charge on any atom is -0.359 e. The summed E-state index contributed by atoms with van der Waals surface area (Å²) in [5, 5.41) is 3.60. The Labute approximate surface area is 112 Å². The number of nitrogens with one attached hydrogen (secondary N) is 1. The fraction of sp³-hybridized carbons (Fsp3) is 1.00. The summed E-state index contributed by atoms with van der Waals surface area (Å²) in [5.74, 6) is 0.674. The molecule has 1 N–H and O–H groups in total. The van der Waals surface area contributed by atoms with E-state index in [9.17, 15) is 0 Å². The van der Waals surface area contributed by atoms with Gasteiger partial charge in [-0.3, -0.25) is 5.32 Å². The van der Waals surface area contributed by atoms with Gasteiger partial charge in [0.25, 0.3) is 0 Å². The predicted octanol–water partition coefficient (Wildman–Crippen LogP) is 2.25. The molecule has 2 heterocycles. The Balaban J connectivity index is 0.00000144. The molecule has 2 rings (SSSR count). The Morgan fingerprint density at radius 3 is 2.29 bits per heavy atom. The highest BCUT2D eigenvalue weighted by molar-refractivity contribution is 5.85. The van der Waals surface area contributed by atoms with Crippen molar-refractivity contribution in [3.05, 3.63) is 0 Å². The van der Waals surface area contributed by atoms with Crippen LogP contribution >= 0.6 is 12.4 Å². The first-order chi connectivity index (χ1) is 7.51. The summed E-state index contributed by atoms with van der Waals surface area (Å²) in [4.78, 5) is 2.57. The van der Waals surface area contributed by atoms with E-state index in [2.05, 4.69) is 37.9 Å². The summed E-state index contributed by atoms with van der Waals surface area (Å²) in [7, 11) is 0. The fourth-order valence-corrected chi connectivity index (χ4v) is 3.07. The van der Waals surface area contributed by atoms with Crippen molar-refractivity contribution < 1.29 is 4.74 Å². The molecule has 2 aliphatic heterocycles. The summed E-state index contributed by atoms with van der Waals surface area (Å²) in [6.45, 7) is 12.3. The predicted molar refractivity (Wildman–Crippen MR) is 73.6 cm³/mol. The Kier molecular flexibility index (Phi) is 5.26. The second kappa shape index (κ2) is 5.87. The SMILES string of the molecule is CC1COC(C)(C2CCN(C(C)C)CC2)N1.Cl. The summed E-state index contributed by atoms with van der Waals surface area (Å²) in [6, 6.07) is 1.19. The number of hydrogen-bond donors (Lipinski definition) is 1. The zero-order chi connectivity index (χ0) is 11.8. The highest BCUT2D eigenvalue weighted by Crippen LogP contribution is 2.33. The second-order valence-corrected chi connectivity index (χ2v) is 5.87. The minimum atomic E-state index is -0.0670. The number of piperidine rings is 1. The number of likely N-dealkylation sites (tertiary alicyclic amines) is 1. The third-order valence-corrected chi connectivity index (χ3v) is 4.21. The van der Waals surface area contributed by atoms with Gasteiger partial charge in [-0.1, -0.05) is 0 Å². The Bertz CT molecular complexity index is 242. The fourth-order valence-electron chi connectivity index (χ4n) is 3.07. The molecule has 4 heteroatoms. The first kappa shape index (κ1) is 15.2. The van der Waals surface area contributed by atoms with E-state index in [1.165, 1.54) is 25.9 Å². The van der Waals surface area contributed by atoms with Crippen LogP contribution in [-0.4, -0.2) is 42.4 Å². The molecule has 0 aromatic carbocycles. The van der Waals surface area contributed by atoms with Crippen LogP contribution in [0.4, 0.5) is 0 Å². The van der Waals surface area contributed by atoms with Gasteiger partial charge in [0.15, 0.2) is 0 Å². The van der Waals surface area contributed by atoms with Gasteiger partial charge in [0, 0.05) is 18.0 Å². The number of hydrogen-bond acceptors (Lipinski definition) is 3. The molecule has 0 aromatic rings. The van der Waals surface area contributed by atoms with Gasteiger partial charge in [0.2, 0.25) is 0 Å². The first-order valence-corrected chi connectivity index (χ1v) is 6.67. The average Bonchev–Trinajstić information content (AvgIpc) is 2.60. The lowest BCUT2D eigenvalue weighted by atomic mass is 9.87. The van der Waals surface area contributed by atoms with E-state index in [-0.39, 0.29) is 18.1 Å². The molecular formula is C13H27ClN2O. The molecule has 2 atom stereocenters. The van der Waals surface area contributed by atoms with Crippen LogP contribution in [0.1, 0.15) is 40.5 Å². The Morgan fingerprint density at radius 2 is 1.88 bits per heavy atom. The van der Waals surface area contributed by atoms with Crippen LogP contribution in [0.2, 0.25) is 0 Å². The molecule has 0 spiro atoms. The lowest BCUT2D eigenvalue weighted by molar-refractivity contribution is -0.0645. The molecule has 0 aromatic heterocycles. The number of rotatable bonds is 2. The third-order valence-electron chi connectivity index (χ3n) is 4.21. The highest BCUT2D eigenvalue weighted by Gasteiger charge is 2.42. The molecule has 2 fully saturated rings. The zero-order valence-electron chi connectivity index (χ0n) is 11.5. The van der Waals surface area contributed by atoms with Crippen molar-refractivity contribution >= 4 is 12.4 Å². The van der Waals surface area contributed by atoms with E-state index in [4.69, 9.17) is 4.74 Å². The summed E-state index contributed by atoms with van der Waals surface area (Å²) in [6.07, 6.45) is 2.52. The smallest absolute Gasteiger partial charge is 0.119 e. The molecule has 17 heavy (non-hydrogen) atoms. The maximum atomic E-state index is 5.96. The van der Waals surface area contributed by atoms with E-state index in [1.807, 2.05) is 0 Å². The Hall–Kier alpha value is 0.170. The molecule has 0 saturated carbocycles. The van der Waals surface area contributed by atoms with Gasteiger partial charge in [0.05, 0.1) is 6.61 Å². The van der Waals surface area contributed by atoms with Gasteiger partial charge in [0.1, 0.15) is 5.72 Å². The number of halogens is 1. The van der Waals surface area contributed by atoms with E-state index >= 15 is 0 Å². The third kappa shape index (κ3) is 3.34. The van der Waals surface area contributed by atoms with Crippen LogP contribution < -0.4 is 5.32 Å². The quantitative estimate of drug-likeness (QED) is 0.826. The lowest BCUT2D eigenvalue weighted by Gasteiger charge is -2.41. The van der Waals surface area contributed by atoms with Crippen molar-refractivity contribution in [1.29, 1.82) is 0 Å². The minimum absolute atomic E-state index is 0. The van der Waals surface area contributed by atoms with E-state index in [1.54, 1.807) is 0 Å². The van der Waals surface area contributed by atoms with Crippen LogP contribution in [0.25, 0.3) is 0 Å². The van der Waals surface area contributed by atoms with Gasteiger partial charge in [-0.15, -0.1) is 12.4 Å². The maximum absolute atomic E-state index is 5.96. The van der Waals surface area contributed by atoms with E-state index < -0.39 is 0 Å². The van der Waals surface area contributed by atoms with Crippen molar-refractivity contribution in [2.45, 2.75) is 58.3 Å². The van der Waals surface area contributed by atoms with Gasteiger partial charge in [-0.05, 0) is 53.6 Å². The molecule has 3 nitrogen and oxygen atoms in total. The summed E-state index contributed by atoms with van der Waals surface area (Å²) >= 11 is 0. The number of ether oxygens (including phenoxy) is 1.